The van der Waals surface area contributed by atoms with Crippen molar-refractivity contribution in [2.75, 3.05) is 14.2 Å². The number of carbonyl (C=O) groups excluding carboxylic acids is 3. The van der Waals surface area contributed by atoms with Gasteiger partial charge in [-0.2, -0.15) is 0 Å². The van der Waals surface area contributed by atoms with Crippen LogP contribution in [0, 0.1) is 20.8 Å². The predicted molar refractivity (Wildman–Crippen MR) is 126 cm³/mol. The molecule has 0 atom stereocenters. The number of ether oxygens (including phenoxy) is 4. The molecule has 0 saturated carbocycles. The van der Waals surface area contributed by atoms with Crippen LogP contribution in [-0.2, 0) is 4.74 Å². The van der Waals surface area contributed by atoms with Crippen LogP contribution in [0.4, 0.5) is 0 Å². The molecule has 0 aliphatic rings. The molecule has 3 rings (SSSR count). The Bertz CT molecular complexity index is 1300. The molecule has 36 heavy (non-hydrogen) atoms. The molecule has 0 spiro atoms. The first-order valence-corrected chi connectivity index (χ1v) is 10.5. The van der Waals surface area contributed by atoms with E-state index in [-0.39, 0.29) is 39.5 Å². The van der Waals surface area contributed by atoms with Crippen LogP contribution in [0.2, 0.25) is 0 Å². The average Bonchev–Trinajstić information content (AvgIpc) is 2.77. The second-order valence-electron chi connectivity index (χ2n) is 7.88. The van der Waals surface area contributed by atoms with E-state index in [2.05, 4.69) is 4.74 Å². The van der Waals surface area contributed by atoms with Crippen molar-refractivity contribution in [3.8, 4) is 34.5 Å². The summed E-state index contributed by atoms with van der Waals surface area (Å²) < 4.78 is 20.2. The molecule has 0 aliphatic carbocycles. The summed E-state index contributed by atoms with van der Waals surface area (Å²) in [5, 5.41) is 30.8. The maximum Gasteiger partial charge on any atom is 0.347 e. The minimum Gasteiger partial charge on any atom is -0.507 e. The fourth-order valence-electron chi connectivity index (χ4n) is 3.66. The molecule has 0 unspecified atom stereocenters. The lowest BCUT2D eigenvalue weighted by atomic mass is 10.1. The second-order valence-corrected chi connectivity index (χ2v) is 7.88. The van der Waals surface area contributed by atoms with Crippen LogP contribution in [0.1, 0.15) is 47.8 Å². The van der Waals surface area contributed by atoms with Gasteiger partial charge in [-0.25, -0.2) is 14.4 Å². The van der Waals surface area contributed by atoms with E-state index in [0.717, 1.165) is 12.1 Å². The zero-order chi connectivity index (χ0) is 26.7. The molecule has 0 radical (unpaired) electrons. The van der Waals surface area contributed by atoms with Gasteiger partial charge in [0, 0.05) is 18.2 Å². The zero-order valence-corrected chi connectivity index (χ0v) is 20.2. The van der Waals surface area contributed by atoms with Gasteiger partial charge in [-0.05, 0) is 55.7 Å². The summed E-state index contributed by atoms with van der Waals surface area (Å²) in [5.74, 6) is -3.65. The first-order chi connectivity index (χ1) is 17.0. The number of phenolic OH excluding ortho intramolecular Hbond substituents is 3. The molecule has 3 aromatic carbocycles. The topological polar surface area (TPSA) is 149 Å². The van der Waals surface area contributed by atoms with Crippen molar-refractivity contribution in [1.82, 2.24) is 0 Å². The number of methoxy groups -OCH3 is 2. The maximum absolute atomic E-state index is 12.7. The van der Waals surface area contributed by atoms with E-state index in [1.165, 1.54) is 46.3 Å². The molecule has 0 aliphatic heterocycles. The number of benzene rings is 3. The Labute approximate surface area is 206 Å². The number of carbonyl (C=O) groups is 3. The molecule has 0 heterocycles. The average molecular weight is 496 g/mol. The summed E-state index contributed by atoms with van der Waals surface area (Å²) in [5.41, 5.74) is 0.598. The molecule has 0 amide bonds. The second kappa shape index (κ2) is 10.3. The van der Waals surface area contributed by atoms with Crippen molar-refractivity contribution in [2.24, 2.45) is 0 Å². The Morgan fingerprint density at radius 1 is 0.556 bits per heavy atom. The van der Waals surface area contributed by atoms with Crippen LogP contribution in [0.25, 0.3) is 0 Å². The first kappa shape index (κ1) is 25.9. The number of aromatic hydroxyl groups is 3. The molecule has 3 aromatic rings. The number of rotatable bonds is 6. The minimum atomic E-state index is -0.948. The van der Waals surface area contributed by atoms with Gasteiger partial charge in [-0.15, -0.1) is 0 Å². The summed E-state index contributed by atoms with van der Waals surface area (Å²) in [7, 11) is 2.59. The van der Waals surface area contributed by atoms with Crippen LogP contribution < -0.4 is 14.2 Å². The molecule has 0 saturated heterocycles. The quantitative estimate of drug-likeness (QED) is 0.338. The summed E-state index contributed by atoms with van der Waals surface area (Å²) >= 11 is 0. The predicted octanol–water partition coefficient (Wildman–Crippen LogP) is 3.96. The van der Waals surface area contributed by atoms with E-state index >= 15 is 0 Å². The molecule has 10 nitrogen and oxygen atoms in total. The Balaban J connectivity index is 1.84. The van der Waals surface area contributed by atoms with Gasteiger partial charge in [-0.3, -0.25) is 0 Å². The van der Waals surface area contributed by atoms with E-state index in [4.69, 9.17) is 14.2 Å². The molecular formula is C26H24O10. The fourth-order valence-corrected chi connectivity index (χ4v) is 3.66. The van der Waals surface area contributed by atoms with Gasteiger partial charge in [0.15, 0.2) is 0 Å². The van der Waals surface area contributed by atoms with Crippen LogP contribution in [-0.4, -0.2) is 47.4 Å². The monoisotopic (exact) mass is 496 g/mol. The summed E-state index contributed by atoms with van der Waals surface area (Å²) in [6.07, 6.45) is 0. The summed E-state index contributed by atoms with van der Waals surface area (Å²) in [6, 6.07) is 7.64. The number of aryl methyl sites for hydroxylation is 3. The van der Waals surface area contributed by atoms with Gasteiger partial charge in [0.05, 0.1) is 14.2 Å². The van der Waals surface area contributed by atoms with Crippen molar-refractivity contribution in [3.05, 3.63) is 69.8 Å². The van der Waals surface area contributed by atoms with Crippen molar-refractivity contribution >= 4 is 17.9 Å². The Kier molecular flexibility index (Phi) is 7.38. The van der Waals surface area contributed by atoms with E-state index in [9.17, 15) is 29.7 Å². The highest BCUT2D eigenvalue weighted by Gasteiger charge is 2.23. The molecule has 0 fully saturated rings. The van der Waals surface area contributed by atoms with Crippen LogP contribution >= 0.6 is 0 Å². The Morgan fingerprint density at radius 3 is 1.22 bits per heavy atom. The highest BCUT2D eigenvalue weighted by molar-refractivity contribution is 5.98. The summed E-state index contributed by atoms with van der Waals surface area (Å²) in [6.45, 7) is 4.61. The molecule has 3 N–H and O–H groups in total. The van der Waals surface area contributed by atoms with Gasteiger partial charge < -0.3 is 34.3 Å². The number of phenols is 3. The van der Waals surface area contributed by atoms with E-state index in [1.54, 1.807) is 13.0 Å². The normalized spacial score (nSPS) is 10.5. The van der Waals surface area contributed by atoms with Gasteiger partial charge >= 0.3 is 17.9 Å². The minimum absolute atomic E-state index is 0.0672. The largest absolute Gasteiger partial charge is 0.507 e. The maximum atomic E-state index is 12.7. The number of esters is 3. The van der Waals surface area contributed by atoms with Crippen molar-refractivity contribution in [1.29, 1.82) is 0 Å². The van der Waals surface area contributed by atoms with E-state index < -0.39 is 29.4 Å². The highest BCUT2D eigenvalue weighted by Crippen LogP contribution is 2.33. The molecule has 0 bridgehead atoms. The smallest absolute Gasteiger partial charge is 0.347 e. The highest BCUT2D eigenvalue weighted by atomic mass is 16.5. The standard InChI is InChI=1S/C26H24O10/c1-12-6-15(33-4)9-18(27)22(12)25(31)36-17-8-14(3)23(20(29)11-17)26(32)35-16-7-13(2)21(19(28)10-16)24(30)34-5/h6-11,27-29H,1-5H3. The van der Waals surface area contributed by atoms with Crippen LogP contribution in [0.3, 0.4) is 0 Å². The Hall–Kier alpha value is -4.73. The molecule has 0 aromatic heterocycles. The third kappa shape index (κ3) is 5.17. The Morgan fingerprint density at radius 2 is 0.889 bits per heavy atom. The van der Waals surface area contributed by atoms with Crippen LogP contribution in [0.5, 0.6) is 34.5 Å². The van der Waals surface area contributed by atoms with E-state index in [0.29, 0.717) is 16.9 Å². The van der Waals surface area contributed by atoms with Gasteiger partial charge in [-0.1, -0.05) is 0 Å². The summed E-state index contributed by atoms with van der Waals surface area (Å²) in [4.78, 5) is 37.2. The lowest BCUT2D eigenvalue weighted by Crippen LogP contribution is -2.13. The molecular weight excluding hydrogens is 472 g/mol. The third-order valence-electron chi connectivity index (χ3n) is 5.32. The van der Waals surface area contributed by atoms with Gasteiger partial charge in [0.2, 0.25) is 0 Å². The third-order valence-corrected chi connectivity index (χ3v) is 5.32. The first-order valence-electron chi connectivity index (χ1n) is 10.5. The van der Waals surface area contributed by atoms with Gasteiger partial charge in [0.1, 0.15) is 51.2 Å². The number of hydrogen-bond acceptors (Lipinski definition) is 10. The fraction of sp³-hybridized carbons (Fsp3) is 0.192. The van der Waals surface area contributed by atoms with E-state index in [1.807, 2.05) is 0 Å². The zero-order valence-electron chi connectivity index (χ0n) is 20.2. The molecule has 188 valence electrons. The van der Waals surface area contributed by atoms with Crippen molar-refractivity contribution in [3.63, 3.8) is 0 Å². The van der Waals surface area contributed by atoms with Crippen molar-refractivity contribution in [2.45, 2.75) is 20.8 Å². The van der Waals surface area contributed by atoms with Crippen LogP contribution in [0.15, 0.2) is 36.4 Å². The lowest BCUT2D eigenvalue weighted by molar-refractivity contribution is 0.0595. The SMILES string of the molecule is COC(=O)c1c(C)cc(OC(=O)c2c(C)cc(OC(=O)c3c(C)cc(OC)cc3O)cc2O)cc1O. The lowest BCUT2D eigenvalue weighted by Gasteiger charge is -2.14. The molecule has 10 heteroatoms. The number of hydrogen-bond donors (Lipinski definition) is 3. The van der Waals surface area contributed by atoms with Gasteiger partial charge in [0.25, 0.3) is 0 Å². The van der Waals surface area contributed by atoms with Crippen molar-refractivity contribution < 1.29 is 48.7 Å².